The van der Waals surface area contributed by atoms with E-state index >= 15 is 0 Å². The second-order valence-corrected chi connectivity index (χ2v) is 5.68. The summed E-state index contributed by atoms with van der Waals surface area (Å²) >= 11 is 3.39. The van der Waals surface area contributed by atoms with Crippen molar-refractivity contribution in [3.63, 3.8) is 0 Å². The summed E-state index contributed by atoms with van der Waals surface area (Å²) in [6, 6.07) is 5.65. The van der Waals surface area contributed by atoms with Crippen LogP contribution in [0.2, 0.25) is 0 Å². The lowest BCUT2D eigenvalue weighted by atomic mass is 10.1. The monoisotopic (exact) mass is 309 g/mol. The van der Waals surface area contributed by atoms with Crippen LogP contribution < -0.4 is 5.32 Å². The lowest BCUT2D eigenvalue weighted by molar-refractivity contribution is -0.116. The van der Waals surface area contributed by atoms with Gasteiger partial charge < -0.3 is 10.3 Å². The van der Waals surface area contributed by atoms with Gasteiger partial charge in [-0.3, -0.25) is 4.79 Å². The van der Waals surface area contributed by atoms with Crippen LogP contribution in [0.5, 0.6) is 0 Å². The summed E-state index contributed by atoms with van der Waals surface area (Å²) in [5.74, 6) is 1.10. The largest absolute Gasteiger partial charge is 0.342 e. The number of hydrogen-bond acceptors (Lipinski definition) is 2. The number of amides is 1. The Balaban J connectivity index is 2.19. The molecule has 0 fully saturated rings. The van der Waals surface area contributed by atoms with Crippen molar-refractivity contribution in [2.45, 2.75) is 25.6 Å². The van der Waals surface area contributed by atoms with Gasteiger partial charge >= 0.3 is 0 Å². The number of aromatic nitrogens is 2. The Bertz CT molecular complexity index is 577. The van der Waals surface area contributed by atoms with E-state index in [4.69, 9.17) is 0 Å². The van der Waals surface area contributed by atoms with Gasteiger partial charge in [0.1, 0.15) is 5.82 Å². The van der Waals surface area contributed by atoms with E-state index in [0.29, 0.717) is 0 Å². The quantitative estimate of drug-likeness (QED) is 0.855. The number of aryl methyl sites for hydroxylation is 1. The molecule has 1 heterocycles. The lowest BCUT2D eigenvalue weighted by Gasteiger charge is -2.13. The molecule has 2 N–H and O–H groups in total. The Morgan fingerprint density at radius 1 is 1.44 bits per heavy atom. The van der Waals surface area contributed by atoms with Crippen molar-refractivity contribution in [3.8, 4) is 0 Å². The summed E-state index contributed by atoms with van der Waals surface area (Å²) in [7, 11) is 0. The smallest absolute Gasteiger partial charge is 0.238 e. The van der Waals surface area contributed by atoms with Gasteiger partial charge in [-0.05, 0) is 31.0 Å². The highest BCUT2D eigenvalue weighted by atomic mass is 79.9. The number of halogens is 1. The first kappa shape index (κ1) is 13.1. The molecule has 1 unspecified atom stereocenters. The van der Waals surface area contributed by atoms with Crippen molar-refractivity contribution in [2.24, 2.45) is 5.92 Å². The van der Waals surface area contributed by atoms with Crippen molar-refractivity contribution in [3.05, 3.63) is 24.0 Å². The van der Waals surface area contributed by atoms with Crippen molar-refractivity contribution in [2.75, 3.05) is 5.32 Å². The van der Waals surface area contributed by atoms with Gasteiger partial charge in [0.15, 0.2) is 0 Å². The van der Waals surface area contributed by atoms with E-state index in [1.54, 1.807) is 0 Å². The Labute approximate surface area is 114 Å². The maximum absolute atomic E-state index is 11.9. The molecule has 0 aliphatic carbocycles. The summed E-state index contributed by atoms with van der Waals surface area (Å²) in [6.45, 7) is 5.91. The fourth-order valence-corrected chi connectivity index (χ4v) is 1.84. The minimum Gasteiger partial charge on any atom is -0.342 e. The first-order valence-electron chi connectivity index (χ1n) is 5.88. The third kappa shape index (κ3) is 2.72. The fourth-order valence-electron chi connectivity index (χ4n) is 1.73. The van der Waals surface area contributed by atoms with Crippen LogP contribution in [0.25, 0.3) is 11.0 Å². The van der Waals surface area contributed by atoms with Crippen molar-refractivity contribution >= 4 is 38.6 Å². The van der Waals surface area contributed by atoms with E-state index in [-0.39, 0.29) is 16.7 Å². The summed E-state index contributed by atoms with van der Waals surface area (Å²) in [6.07, 6.45) is 0. The number of hydrogen-bond donors (Lipinski definition) is 2. The van der Waals surface area contributed by atoms with Gasteiger partial charge in [-0.25, -0.2) is 4.98 Å². The van der Waals surface area contributed by atoms with Gasteiger partial charge in [0.2, 0.25) is 5.91 Å². The van der Waals surface area contributed by atoms with Gasteiger partial charge in [0.25, 0.3) is 0 Å². The summed E-state index contributed by atoms with van der Waals surface area (Å²) in [5, 5.41) is 2.89. The van der Waals surface area contributed by atoms with Gasteiger partial charge in [-0.15, -0.1) is 0 Å². The van der Waals surface area contributed by atoms with E-state index in [9.17, 15) is 4.79 Å². The van der Waals surface area contributed by atoms with Gasteiger partial charge in [-0.1, -0.05) is 29.8 Å². The second-order valence-electron chi connectivity index (χ2n) is 4.69. The zero-order chi connectivity index (χ0) is 13.3. The molecule has 0 saturated heterocycles. The van der Waals surface area contributed by atoms with Crippen molar-refractivity contribution in [1.82, 2.24) is 9.97 Å². The maximum Gasteiger partial charge on any atom is 0.238 e. The SMILES string of the molecule is Cc1nc2ccc(NC(=O)C(Br)C(C)C)cc2[nH]1. The number of H-pyrrole nitrogens is 1. The number of rotatable bonds is 3. The van der Waals surface area contributed by atoms with Crippen molar-refractivity contribution in [1.29, 1.82) is 0 Å². The molecule has 1 atom stereocenters. The summed E-state index contributed by atoms with van der Waals surface area (Å²) in [5.41, 5.74) is 2.62. The molecule has 5 heteroatoms. The number of nitrogens with zero attached hydrogens (tertiary/aromatic N) is 1. The molecule has 96 valence electrons. The summed E-state index contributed by atoms with van der Waals surface area (Å²) in [4.78, 5) is 19.2. The lowest BCUT2D eigenvalue weighted by Crippen LogP contribution is -2.26. The predicted molar refractivity (Wildman–Crippen MR) is 77.0 cm³/mol. The molecular formula is C13H16BrN3O. The molecule has 1 aromatic heterocycles. The standard InChI is InChI=1S/C13H16BrN3O/c1-7(2)12(14)13(18)17-9-4-5-10-11(6-9)16-8(3)15-10/h4-7,12H,1-3H3,(H,15,16)(H,17,18). The van der Waals surface area contributed by atoms with Crippen LogP contribution in [0.15, 0.2) is 18.2 Å². The minimum absolute atomic E-state index is 0.0272. The highest BCUT2D eigenvalue weighted by Gasteiger charge is 2.18. The number of alkyl halides is 1. The Kier molecular flexibility index (Phi) is 3.71. The predicted octanol–water partition coefficient (Wildman–Crippen LogP) is 3.23. The molecule has 0 saturated carbocycles. The summed E-state index contributed by atoms with van der Waals surface area (Å²) < 4.78 is 0. The molecule has 0 aliphatic rings. The zero-order valence-corrected chi connectivity index (χ0v) is 12.2. The molecule has 18 heavy (non-hydrogen) atoms. The Morgan fingerprint density at radius 3 is 2.83 bits per heavy atom. The number of nitrogens with one attached hydrogen (secondary N) is 2. The molecule has 1 amide bonds. The van der Waals surface area contributed by atoms with Crippen LogP contribution in [-0.4, -0.2) is 20.7 Å². The van der Waals surface area contributed by atoms with E-state index in [2.05, 4.69) is 31.2 Å². The molecular weight excluding hydrogens is 294 g/mol. The van der Waals surface area contributed by atoms with Crippen LogP contribution in [0.1, 0.15) is 19.7 Å². The fraction of sp³-hybridized carbons (Fsp3) is 0.385. The Hall–Kier alpha value is -1.36. The molecule has 1 aromatic carbocycles. The Morgan fingerprint density at radius 2 is 2.17 bits per heavy atom. The second kappa shape index (κ2) is 5.10. The molecule has 2 aromatic rings. The average molecular weight is 310 g/mol. The number of imidazole rings is 1. The van der Waals surface area contributed by atoms with E-state index < -0.39 is 0 Å². The molecule has 4 nitrogen and oxygen atoms in total. The number of carbonyl (C=O) groups excluding carboxylic acids is 1. The number of fused-ring (bicyclic) bond motifs is 1. The number of aromatic amines is 1. The van der Waals surface area contributed by atoms with Gasteiger partial charge in [0, 0.05) is 5.69 Å². The normalized spacial score (nSPS) is 12.9. The highest BCUT2D eigenvalue weighted by Crippen LogP contribution is 2.19. The van der Waals surface area contributed by atoms with Crippen molar-refractivity contribution < 1.29 is 4.79 Å². The first-order chi connectivity index (χ1) is 8.47. The third-order valence-electron chi connectivity index (χ3n) is 2.70. The molecule has 0 aliphatic heterocycles. The first-order valence-corrected chi connectivity index (χ1v) is 6.80. The van der Waals surface area contributed by atoms with E-state index in [0.717, 1.165) is 22.5 Å². The van der Waals surface area contributed by atoms with Crippen LogP contribution in [0.4, 0.5) is 5.69 Å². The van der Waals surface area contributed by atoms with Crippen LogP contribution >= 0.6 is 15.9 Å². The van der Waals surface area contributed by atoms with Crippen LogP contribution in [-0.2, 0) is 4.79 Å². The maximum atomic E-state index is 11.9. The number of carbonyl (C=O) groups is 1. The zero-order valence-electron chi connectivity index (χ0n) is 10.6. The van der Waals surface area contributed by atoms with Crippen LogP contribution in [0.3, 0.4) is 0 Å². The minimum atomic E-state index is -0.184. The van der Waals surface area contributed by atoms with E-state index in [1.165, 1.54) is 0 Å². The third-order valence-corrected chi connectivity index (χ3v) is 4.18. The molecule has 0 spiro atoms. The highest BCUT2D eigenvalue weighted by molar-refractivity contribution is 9.10. The average Bonchev–Trinajstić information content (AvgIpc) is 2.67. The van der Waals surface area contributed by atoms with Gasteiger partial charge in [-0.2, -0.15) is 0 Å². The number of benzene rings is 1. The molecule has 2 rings (SSSR count). The molecule has 0 bridgehead atoms. The topological polar surface area (TPSA) is 57.8 Å². The van der Waals surface area contributed by atoms with Crippen LogP contribution in [0, 0.1) is 12.8 Å². The molecule has 0 radical (unpaired) electrons. The van der Waals surface area contributed by atoms with Gasteiger partial charge in [0.05, 0.1) is 15.9 Å². The van der Waals surface area contributed by atoms with E-state index in [1.807, 2.05) is 39.0 Å². The number of anilines is 1.